The van der Waals surface area contributed by atoms with Crippen LogP contribution >= 0.6 is 0 Å². The summed E-state index contributed by atoms with van der Waals surface area (Å²) in [5.41, 5.74) is 0.504. The number of aromatic nitrogens is 1. The summed E-state index contributed by atoms with van der Waals surface area (Å²) in [7, 11) is 1.52. The monoisotopic (exact) mass is 450 g/mol. The average molecular weight is 450 g/mol. The third-order valence-electron chi connectivity index (χ3n) is 6.04. The van der Waals surface area contributed by atoms with E-state index in [1.54, 1.807) is 29.2 Å². The van der Waals surface area contributed by atoms with E-state index in [1.807, 2.05) is 0 Å². The molecule has 0 radical (unpaired) electrons. The van der Waals surface area contributed by atoms with Crippen LogP contribution < -0.4 is 10.9 Å². The van der Waals surface area contributed by atoms with Crippen LogP contribution in [0.3, 0.4) is 0 Å². The first kappa shape index (κ1) is 22.4. The maximum Gasteiger partial charge on any atom is 0.274 e. The van der Waals surface area contributed by atoms with E-state index < -0.39 is 23.3 Å². The minimum Gasteiger partial charge on any atom is -0.339 e. The van der Waals surface area contributed by atoms with Crippen molar-refractivity contribution in [1.82, 2.24) is 14.4 Å². The van der Waals surface area contributed by atoms with E-state index in [2.05, 4.69) is 5.32 Å². The van der Waals surface area contributed by atoms with Crippen LogP contribution in [0.2, 0.25) is 0 Å². The predicted octanol–water partition coefficient (Wildman–Crippen LogP) is 2.03. The SMILES string of the molecule is Cn1cc(C(=O)N2CCCCCC2)cc(NC(=O)CCN2C(=O)c3ccccc3C2=O)c1=O. The molecule has 0 aliphatic carbocycles. The summed E-state index contributed by atoms with van der Waals surface area (Å²) in [6.07, 6.45) is 5.37. The molecule has 172 valence electrons. The van der Waals surface area contributed by atoms with Gasteiger partial charge in [-0.15, -0.1) is 0 Å². The second-order valence-corrected chi connectivity index (χ2v) is 8.37. The first-order valence-corrected chi connectivity index (χ1v) is 11.1. The number of anilines is 1. The fourth-order valence-corrected chi connectivity index (χ4v) is 4.24. The third kappa shape index (κ3) is 4.57. The summed E-state index contributed by atoms with van der Waals surface area (Å²) in [6, 6.07) is 7.90. The van der Waals surface area contributed by atoms with Gasteiger partial charge in [-0.1, -0.05) is 25.0 Å². The summed E-state index contributed by atoms with van der Waals surface area (Å²) in [4.78, 5) is 65.7. The van der Waals surface area contributed by atoms with Crippen molar-refractivity contribution in [2.75, 3.05) is 25.0 Å². The molecule has 4 rings (SSSR count). The van der Waals surface area contributed by atoms with Crippen LogP contribution in [0.5, 0.6) is 0 Å². The van der Waals surface area contributed by atoms with Gasteiger partial charge in [-0.2, -0.15) is 0 Å². The molecule has 3 heterocycles. The van der Waals surface area contributed by atoms with Crippen molar-refractivity contribution in [1.29, 1.82) is 0 Å². The van der Waals surface area contributed by atoms with Crippen molar-refractivity contribution < 1.29 is 19.2 Å². The Balaban J connectivity index is 1.44. The molecule has 9 heteroatoms. The lowest BCUT2D eigenvalue weighted by Crippen LogP contribution is -2.34. The Bertz CT molecular complexity index is 1140. The molecule has 4 amide bonds. The molecule has 2 aliphatic heterocycles. The number of nitrogens with zero attached hydrogens (tertiary/aromatic N) is 3. The normalized spacial score (nSPS) is 15.9. The van der Waals surface area contributed by atoms with Crippen molar-refractivity contribution in [3.05, 3.63) is 63.6 Å². The van der Waals surface area contributed by atoms with E-state index in [-0.39, 0.29) is 24.6 Å². The van der Waals surface area contributed by atoms with Gasteiger partial charge in [-0.3, -0.25) is 28.9 Å². The fourth-order valence-electron chi connectivity index (χ4n) is 4.24. The topological polar surface area (TPSA) is 109 Å². The average Bonchev–Trinajstić information content (AvgIpc) is 2.99. The Kier molecular flexibility index (Phi) is 6.39. The number of pyridine rings is 1. The van der Waals surface area contributed by atoms with E-state index in [0.717, 1.165) is 30.6 Å². The Morgan fingerprint density at radius 1 is 0.939 bits per heavy atom. The van der Waals surface area contributed by atoms with E-state index in [4.69, 9.17) is 0 Å². The number of aryl methyl sites for hydroxylation is 1. The zero-order valence-electron chi connectivity index (χ0n) is 18.5. The fraction of sp³-hybridized carbons (Fsp3) is 0.375. The number of amides is 4. The van der Waals surface area contributed by atoms with Crippen molar-refractivity contribution in [2.24, 2.45) is 7.05 Å². The zero-order valence-corrected chi connectivity index (χ0v) is 18.5. The summed E-state index contributed by atoms with van der Waals surface area (Å²) < 4.78 is 1.27. The molecule has 1 saturated heterocycles. The van der Waals surface area contributed by atoms with Crippen LogP contribution in [-0.4, -0.2) is 57.6 Å². The van der Waals surface area contributed by atoms with Gasteiger partial charge in [0, 0.05) is 39.3 Å². The Morgan fingerprint density at radius 3 is 2.15 bits per heavy atom. The van der Waals surface area contributed by atoms with Gasteiger partial charge >= 0.3 is 0 Å². The summed E-state index contributed by atoms with van der Waals surface area (Å²) >= 11 is 0. The highest BCUT2D eigenvalue weighted by atomic mass is 16.2. The van der Waals surface area contributed by atoms with Crippen LogP contribution in [0.25, 0.3) is 0 Å². The molecule has 0 unspecified atom stereocenters. The van der Waals surface area contributed by atoms with Crippen LogP contribution in [0.15, 0.2) is 41.3 Å². The maximum absolute atomic E-state index is 13.0. The van der Waals surface area contributed by atoms with Crippen molar-refractivity contribution in [3.63, 3.8) is 0 Å². The van der Waals surface area contributed by atoms with Crippen LogP contribution in [0.1, 0.15) is 63.2 Å². The van der Waals surface area contributed by atoms with E-state index in [1.165, 1.54) is 23.9 Å². The lowest BCUT2D eigenvalue weighted by atomic mass is 10.1. The predicted molar refractivity (Wildman–Crippen MR) is 121 cm³/mol. The molecule has 33 heavy (non-hydrogen) atoms. The molecule has 0 saturated carbocycles. The molecule has 1 aromatic heterocycles. The molecule has 1 N–H and O–H groups in total. The van der Waals surface area contributed by atoms with Crippen LogP contribution in [-0.2, 0) is 11.8 Å². The minimum atomic E-state index is -0.525. The van der Waals surface area contributed by atoms with E-state index >= 15 is 0 Å². The molecule has 1 fully saturated rings. The number of hydrogen-bond donors (Lipinski definition) is 1. The quantitative estimate of drug-likeness (QED) is 0.701. The summed E-state index contributed by atoms with van der Waals surface area (Å²) in [5, 5.41) is 2.54. The molecule has 1 aromatic carbocycles. The van der Waals surface area contributed by atoms with E-state index in [0.29, 0.717) is 29.8 Å². The van der Waals surface area contributed by atoms with Gasteiger partial charge in [0.15, 0.2) is 0 Å². The van der Waals surface area contributed by atoms with Crippen LogP contribution in [0.4, 0.5) is 5.69 Å². The number of hydrogen-bond acceptors (Lipinski definition) is 5. The van der Waals surface area contributed by atoms with Gasteiger partial charge < -0.3 is 14.8 Å². The van der Waals surface area contributed by atoms with Crippen LogP contribution in [0, 0.1) is 0 Å². The second kappa shape index (κ2) is 9.40. The van der Waals surface area contributed by atoms with Gasteiger partial charge in [0.1, 0.15) is 5.69 Å². The number of fused-ring (bicyclic) bond motifs is 1. The highest BCUT2D eigenvalue weighted by Crippen LogP contribution is 2.22. The van der Waals surface area contributed by atoms with Gasteiger partial charge in [0.2, 0.25) is 5.91 Å². The number of benzene rings is 1. The molecular weight excluding hydrogens is 424 g/mol. The standard InChI is InChI=1S/C24H26N4O5/c1-26-15-16(21(30)27-11-6-2-3-7-12-27)14-19(24(26)33)25-20(29)10-13-28-22(31)17-8-4-5-9-18(17)23(28)32/h4-5,8-9,14-15H,2-3,6-7,10-13H2,1H3,(H,25,29). The van der Waals surface area contributed by atoms with E-state index in [9.17, 15) is 24.0 Å². The van der Waals surface area contributed by atoms with Crippen molar-refractivity contribution in [2.45, 2.75) is 32.1 Å². The van der Waals surface area contributed by atoms with Gasteiger partial charge in [-0.05, 0) is 31.0 Å². The maximum atomic E-state index is 13.0. The molecule has 2 aromatic rings. The lowest BCUT2D eigenvalue weighted by Gasteiger charge is -2.21. The molecule has 0 bridgehead atoms. The number of nitrogens with one attached hydrogen (secondary N) is 1. The molecule has 0 spiro atoms. The van der Waals surface area contributed by atoms with Gasteiger partial charge in [0.05, 0.1) is 16.7 Å². The number of carbonyl (C=O) groups excluding carboxylic acids is 4. The van der Waals surface area contributed by atoms with Crippen molar-refractivity contribution in [3.8, 4) is 0 Å². The van der Waals surface area contributed by atoms with Gasteiger partial charge in [0.25, 0.3) is 23.3 Å². The number of likely N-dealkylation sites (tertiary alicyclic amines) is 1. The Labute approximate surface area is 191 Å². The largest absolute Gasteiger partial charge is 0.339 e. The Morgan fingerprint density at radius 2 is 1.55 bits per heavy atom. The van der Waals surface area contributed by atoms with Gasteiger partial charge in [-0.25, -0.2) is 0 Å². The lowest BCUT2D eigenvalue weighted by molar-refractivity contribution is -0.116. The first-order chi connectivity index (χ1) is 15.9. The highest BCUT2D eigenvalue weighted by molar-refractivity contribution is 6.21. The zero-order chi connectivity index (χ0) is 23.5. The third-order valence-corrected chi connectivity index (χ3v) is 6.04. The highest BCUT2D eigenvalue weighted by Gasteiger charge is 2.35. The number of carbonyl (C=O) groups is 4. The number of rotatable bonds is 5. The summed E-state index contributed by atoms with van der Waals surface area (Å²) in [6.45, 7) is 1.23. The van der Waals surface area contributed by atoms with Crippen molar-refractivity contribution >= 4 is 29.3 Å². The summed E-state index contributed by atoms with van der Waals surface area (Å²) in [5.74, 6) is -1.58. The molecule has 2 aliphatic rings. The minimum absolute atomic E-state index is 0.00877. The second-order valence-electron chi connectivity index (χ2n) is 8.37. The Hall–Kier alpha value is -3.75. The number of imide groups is 1. The molecule has 9 nitrogen and oxygen atoms in total. The smallest absolute Gasteiger partial charge is 0.274 e. The molecular formula is C24H26N4O5. The molecule has 0 atom stereocenters. The first-order valence-electron chi connectivity index (χ1n) is 11.1.